The van der Waals surface area contributed by atoms with Gasteiger partial charge in [0.25, 0.3) is 0 Å². The van der Waals surface area contributed by atoms with Crippen LogP contribution in [0.25, 0.3) is 0 Å². The van der Waals surface area contributed by atoms with Gasteiger partial charge in [0.15, 0.2) is 12.4 Å². The maximum Gasteiger partial charge on any atom is 0.422 e. The lowest BCUT2D eigenvalue weighted by Crippen LogP contribution is -2.31. The summed E-state index contributed by atoms with van der Waals surface area (Å²) in [5.41, 5.74) is 0.563. The normalized spacial score (nSPS) is 12.5. The van der Waals surface area contributed by atoms with Crippen LogP contribution in [0.15, 0.2) is 34.9 Å². The molecule has 9 heteroatoms. The van der Waals surface area contributed by atoms with Gasteiger partial charge in [-0.3, -0.25) is 4.79 Å². The lowest BCUT2D eigenvalue weighted by Gasteiger charge is -2.15. The molecule has 0 bridgehead atoms. The molecule has 1 unspecified atom stereocenters. The number of benzene rings is 1. The van der Waals surface area contributed by atoms with Gasteiger partial charge in [0.2, 0.25) is 5.91 Å². The molecule has 0 spiro atoms. The number of carbonyl (C=O) groups excluding carboxylic acids is 1. The summed E-state index contributed by atoms with van der Waals surface area (Å²) in [4.78, 5) is 12.0. The van der Waals surface area contributed by atoms with E-state index in [1.165, 1.54) is 24.3 Å². The Morgan fingerprint density at radius 1 is 1.33 bits per heavy atom. The molecule has 24 heavy (non-hydrogen) atoms. The van der Waals surface area contributed by atoms with Gasteiger partial charge in [0.1, 0.15) is 17.6 Å². The van der Waals surface area contributed by atoms with Gasteiger partial charge in [0, 0.05) is 11.8 Å². The van der Waals surface area contributed by atoms with Crippen LogP contribution in [0.5, 0.6) is 5.75 Å². The fraction of sp³-hybridized carbons (Fsp3) is 0.333. The third kappa shape index (κ3) is 5.49. The van der Waals surface area contributed by atoms with E-state index in [0.717, 1.165) is 0 Å². The molecular weight excluding hydrogens is 327 g/mol. The van der Waals surface area contributed by atoms with Crippen LogP contribution < -0.4 is 15.4 Å². The fourth-order valence-electron chi connectivity index (χ4n) is 1.79. The largest absolute Gasteiger partial charge is 0.484 e. The number of nitrogens with zero attached hydrogens (tertiary/aromatic N) is 1. The zero-order valence-corrected chi connectivity index (χ0v) is 13.0. The van der Waals surface area contributed by atoms with Crippen LogP contribution in [0.2, 0.25) is 0 Å². The highest BCUT2D eigenvalue weighted by Gasteiger charge is 2.28. The minimum atomic E-state index is -4.39. The second-order valence-corrected chi connectivity index (χ2v) is 5.11. The van der Waals surface area contributed by atoms with E-state index in [1.807, 2.05) is 0 Å². The van der Waals surface area contributed by atoms with Crippen molar-refractivity contribution in [2.24, 2.45) is 0 Å². The van der Waals surface area contributed by atoms with Crippen molar-refractivity contribution in [3.8, 4) is 5.75 Å². The van der Waals surface area contributed by atoms with Gasteiger partial charge in [-0.15, -0.1) is 0 Å². The van der Waals surface area contributed by atoms with Gasteiger partial charge in [-0.05, 0) is 38.1 Å². The second-order valence-electron chi connectivity index (χ2n) is 5.11. The molecule has 0 fully saturated rings. The van der Waals surface area contributed by atoms with Crippen LogP contribution in [0.4, 0.5) is 24.7 Å². The highest BCUT2D eigenvalue weighted by Crippen LogP contribution is 2.20. The predicted molar refractivity (Wildman–Crippen MR) is 80.9 cm³/mol. The van der Waals surface area contributed by atoms with Crippen molar-refractivity contribution >= 4 is 17.4 Å². The third-order valence-electron chi connectivity index (χ3n) is 2.91. The average molecular weight is 343 g/mol. The first kappa shape index (κ1) is 17.6. The molecule has 1 amide bonds. The summed E-state index contributed by atoms with van der Waals surface area (Å²) in [7, 11) is 0. The average Bonchev–Trinajstić information content (AvgIpc) is 2.91. The zero-order valence-electron chi connectivity index (χ0n) is 13.0. The second kappa shape index (κ2) is 7.24. The number of nitrogens with one attached hydrogen (secondary N) is 2. The van der Waals surface area contributed by atoms with Crippen molar-refractivity contribution in [3.05, 3.63) is 36.1 Å². The van der Waals surface area contributed by atoms with E-state index in [9.17, 15) is 18.0 Å². The van der Waals surface area contributed by atoms with Crippen molar-refractivity contribution in [1.82, 2.24) is 5.16 Å². The number of carbonyl (C=O) groups is 1. The Labute approximate surface area is 136 Å². The molecule has 0 aliphatic rings. The Bertz CT molecular complexity index is 683. The van der Waals surface area contributed by atoms with Crippen LogP contribution in [-0.4, -0.2) is 29.9 Å². The molecule has 130 valence electrons. The van der Waals surface area contributed by atoms with Crippen molar-refractivity contribution in [2.45, 2.75) is 26.1 Å². The molecule has 0 radical (unpaired) electrons. The smallest absolute Gasteiger partial charge is 0.422 e. The predicted octanol–water partition coefficient (Wildman–Crippen LogP) is 3.36. The lowest BCUT2D eigenvalue weighted by atomic mass is 10.2. The molecule has 1 aromatic carbocycles. The molecule has 1 atom stereocenters. The van der Waals surface area contributed by atoms with E-state index in [2.05, 4.69) is 20.5 Å². The van der Waals surface area contributed by atoms with Crippen LogP contribution >= 0.6 is 0 Å². The van der Waals surface area contributed by atoms with Crippen molar-refractivity contribution < 1.29 is 27.2 Å². The number of aryl methyl sites for hydroxylation is 1. The van der Waals surface area contributed by atoms with Crippen LogP contribution in [0.3, 0.4) is 0 Å². The maximum atomic E-state index is 12.1. The van der Waals surface area contributed by atoms with Crippen LogP contribution in [-0.2, 0) is 4.79 Å². The number of rotatable bonds is 6. The Morgan fingerprint density at radius 3 is 2.54 bits per heavy atom. The fourth-order valence-corrected chi connectivity index (χ4v) is 1.79. The van der Waals surface area contributed by atoms with Crippen LogP contribution in [0.1, 0.15) is 12.7 Å². The third-order valence-corrected chi connectivity index (χ3v) is 2.91. The Morgan fingerprint density at radius 2 is 2.00 bits per heavy atom. The summed E-state index contributed by atoms with van der Waals surface area (Å²) >= 11 is 0. The van der Waals surface area contributed by atoms with Gasteiger partial charge >= 0.3 is 6.18 Å². The first-order valence-electron chi connectivity index (χ1n) is 7.03. The molecule has 2 rings (SSSR count). The van der Waals surface area contributed by atoms with E-state index in [4.69, 9.17) is 4.52 Å². The first-order chi connectivity index (χ1) is 11.2. The highest BCUT2D eigenvalue weighted by molar-refractivity contribution is 5.95. The number of amides is 1. The van der Waals surface area contributed by atoms with Crippen molar-refractivity contribution in [2.75, 3.05) is 17.2 Å². The Balaban J connectivity index is 1.87. The molecule has 2 N–H and O–H groups in total. The number of alkyl halides is 3. The molecular formula is C15H16F3N3O3. The number of ether oxygens (including phenoxy) is 1. The van der Waals surface area contributed by atoms with Gasteiger partial charge in [-0.25, -0.2) is 0 Å². The molecule has 0 aliphatic heterocycles. The van der Waals surface area contributed by atoms with E-state index < -0.39 is 18.8 Å². The van der Waals surface area contributed by atoms with Crippen molar-refractivity contribution in [3.63, 3.8) is 0 Å². The summed E-state index contributed by atoms with van der Waals surface area (Å²) in [5, 5.41) is 9.15. The number of halogens is 3. The van der Waals surface area contributed by atoms with E-state index in [1.54, 1.807) is 19.9 Å². The van der Waals surface area contributed by atoms with E-state index in [0.29, 0.717) is 17.3 Å². The van der Waals surface area contributed by atoms with Crippen molar-refractivity contribution in [1.29, 1.82) is 0 Å². The molecule has 6 nitrogen and oxygen atoms in total. The number of anilines is 2. The molecule has 1 aromatic heterocycles. The van der Waals surface area contributed by atoms with Gasteiger partial charge in [0.05, 0.1) is 0 Å². The zero-order chi connectivity index (χ0) is 17.7. The Kier molecular flexibility index (Phi) is 5.32. The molecule has 2 aromatic rings. The maximum absolute atomic E-state index is 12.1. The summed E-state index contributed by atoms with van der Waals surface area (Å²) in [6.07, 6.45) is -4.39. The van der Waals surface area contributed by atoms with Crippen LogP contribution in [0, 0.1) is 6.92 Å². The monoisotopic (exact) mass is 343 g/mol. The first-order valence-corrected chi connectivity index (χ1v) is 7.03. The molecule has 0 saturated heterocycles. The number of hydrogen-bond donors (Lipinski definition) is 2. The standard InChI is InChI=1S/C15H16F3N3O3/c1-9-7-13(21-24-9)20-14(22)10(2)19-11-3-5-12(6-4-11)23-8-15(16,17)18/h3-7,10,19H,8H2,1-2H3,(H,20,21,22). The van der Waals surface area contributed by atoms with Gasteiger partial charge in [-0.2, -0.15) is 13.2 Å². The molecule has 1 heterocycles. The number of hydrogen-bond acceptors (Lipinski definition) is 5. The van der Waals surface area contributed by atoms with E-state index in [-0.39, 0.29) is 11.7 Å². The summed E-state index contributed by atoms with van der Waals surface area (Å²) < 4.78 is 45.7. The lowest BCUT2D eigenvalue weighted by molar-refractivity contribution is -0.153. The highest BCUT2D eigenvalue weighted by atomic mass is 19.4. The summed E-state index contributed by atoms with van der Waals surface area (Å²) in [6, 6.07) is 6.81. The topological polar surface area (TPSA) is 76.4 Å². The quantitative estimate of drug-likeness (QED) is 0.841. The molecule has 0 saturated carbocycles. The van der Waals surface area contributed by atoms with E-state index >= 15 is 0 Å². The van der Waals surface area contributed by atoms with Gasteiger partial charge in [-0.1, -0.05) is 5.16 Å². The molecule has 0 aliphatic carbocycles. The summed E-state index contributed by atoms with van der Waals surface area (Å²) in [6.45, 7) is 1.98. The van der Waals surface area contributed by atoms with Gasteiger partial charge < -0.3 is 19.9 Å². The SMILES string of the molecule is Cc1cc(NC(=O)C(C)Nc2ccc(OCC(F)(F)F)cc2)no1. The summed E-state index contributed by atoms with van der Waals surface area (Å²) in [5.74, 6) is 0.635. The Hall–Kier alpha value is -2.71. The number of aromatic nitrogens is 1. The minimum absolute atomic E-state index is 0.0908. The minimum Gasteiger partial charge on any atom is -0.484 e.